The summed E-state index contributed by atoms with van der Waals surface area (Å²) in [5.41, 5.74) is 2.95. The van der Waals surface area contributed by atoms with Gasteiger partial charge in [-0.3, -0.25) is 4.72 Å². The molecule has 7 heteroatoms. The van der Waals surface area contributed by atoms with E-state index >= 15 is 0 Å². The van der Waals surface area contributed by atoms with Crippen molar-refractivity contribution < 1.29 is 12.8 Å². The van der Waals surface area contributed by atoms with E-state index < -0.39 is 10.0 Å². The van der Waals surface area contributed by atoms with Crippen LogP contribution in [0.2, 0.25) is 0 Å². The van der Waals surface area contributed by atoms with E-state index in [9.17, 15) is 8.42 Å². The smallest absolute Gasteiger partial charge is 0.261 e. The highest BCUT2D eigenvalue weighted by Gasteiger charge is 2.20. The zero-order chi connectivity index (χ0) is 20.6. The summed E-state index contributed by atoms with van der Waals surface area (Å²) in [5, 5.41) is 0. The van der Waals surface area contributed by atoms with E-state index in [-0.39, 0.29) is 10.3 Å². The van der Waals surface area contributed by atoms with E-state index in [1.165, 1.54) is 0 Å². The standard InChI is InChI=1S/C22H21N3O3S/c1-22(2,3)15-10-12-16(13-11-15)29(26,27)25-18-8-5-4-7-17(18)21-24-20-19(28-21)9-6-14-23-20/h4-14,25H,1-3H3. The second-order valence-electron chi connectivity index (χ2n) is 7.77. The number of anilines is 1. The van der Waals surface area contributed by atoms with Gasteiger partial charge in [-0.2, -0.15) is 4.98 Å². The minimum Gasteiger partial charge on any atom is -0.434 e. The summed E-state index contributed by atoms with van der Waals surface area (Å²) in [4.78, 5) is 8.73. The molecule has 2 heterocycles. The van der Waals surface area contributed by atoms with E-state index in [4.69, 9.17) is 4.42 Å². The largest absolute Gasteiger partial charge is 0.434 e. The van der Waals surface area contributed by atoms with Crippen molar-refractivity contribution in [2.75, 3.05) is 4.72 Å². The SMILES string of the molecule is CC(C)(C)c1ccc(S(=O)(=O)Nc2ccccc2-c2nc3ncccc3o2)cc1. The van der Waals surface area contributed by atoms with Crippen LogP contribution < -0.4 is 4.72 Å². The molecule has 4 rings (SSSR count). The maximum Gasteiger partial charge on any atom is 0.261 e. The minimum atomic E-state index is -3.77. The number of para-hydroxylation sites is 1. The number of aromatic nitrogens is 2. The third-order valence-electron chi connectivity index (χ3n) is 4.60. The van der Waals surface area contributed by atoms with Crippen LogP contribution in [0.1, 0.15) is 26.3 Å². The van der Waals surface area contributed by atoms with Crippen molar-refractivity contribution in [3.05, 3.63) is 72.4 Å². The molecular weight excluding hydrogens is 386 g/mol. The van der Waals surface area contributed by atoms with Crippen molar-refractivity contribution in [3.63, 3.8) is 0 Å². The van der Waals surface area contributed by atoms with Gasteiger partial charge in [-0.25, -0.2) is 13.4 Å². The van der Waals surface area contributed by atoms with Gasteiger partial charge in [-0.05, 0) is 47.4 Å². The quantitative estimate of drug-likeness (QED) is 0.515. The molecule has 0 radical (unpaired) electrons. The number of pyridine rings is 1. The number of nitrogens with zero attached hydrogens (tertiary/aromatic N) is 2. The molecule has 2 aromatic carbocycles. The molecule has 29 heavy (non-hydrogen) atoms. The fraction of sp³-hybridized carbons (Fsp3) is 0.182. The van der Waals surface area contributed by atoms with E-state index in [0.717, 1.165) is 5.56 Å². The first-order chi connectivity index (χ1) is 13.7. The van der Waals surface area contributed by atoms with Gasteiger partial charge in [0, 0.05) is 6.20 Å². The Morgan fingerprint density at radius 1 is 0.931 bits per heavy atom. The maximum atomic E-state index is 12.9. The maximum absolute atomic E-state index is 12.9. The number of hydrogen-bond donors (Lipinski definition) is 1. The highest BCUT2D eigenvalue weighted by molar-refractivity contribution is 7.92. The topological polar surface area (TPSA) is 85.1 Å². The fourth-order valence-corrected chi connectivity index (χ4v) is 4.06. The molecule has 0 spiro atoms. The molecule has 2 aromatic heterocycles. The zero-order valence-corrected chi connectivity index (χ0v) is 17.2. The zero-order valence-electron chi connectivity index (χ0n) is 16.4. The lowest BCUT2D eigenvalue weighted by molar-refractivity contribution is 0.587. The van der Waals surface area contributed by atoms with Crippen LogP contribution in [0.3, 0.4) is 0 Å². The molecule has 0 aliphatic rings. The summed E-state index contributed by atoms with van der Waals surface area (Å²) in [6.07, 6.45) is 1.63. The van der Waals surface area contributed by atoms with Crippen molar-refractivity contribution in [2.45, 2.75) is 31.1 Å². The monoisotopic (exact) mass is 407 g/mol. The normalized spacial score (nSPS) is 12.2. The van der Waals surface area contributed by atoms with Crippen LogP contribution in [-0.4, -0.2) is 18.4 Å². The first kappa shape index (κ1) is 19.1. The average Bonchev–Trinajstić information content (AvgIpc) is 3.11. The Labute approximate surface area is 169 Å². The van der Waals surface area contributed by atoms with Crippen LogP contribution in [-0.2, 0) is 15.4 Å². The number of sulfonamides is 1. The Kier molecular flexibility index (Phi) is 4.62. The van der Waals surface area contributed by atoms with Gasteiger partial charge in [-0.15, -0.1) is 0 Å². The van der Waals surface area contributed by atoms with E-state index in [2.05, 4.69) is 35.5 Å². The molecule has 1 N–H and O–H groups in total. The van der Waals surface area contributed by atoms with Gasteiger partial charge in [0.1, 0.15) is 0 Å². The molecule has 0 saturated heterocycles. The van der Waals surface area contributed by atoms with Gasteiger partial charge in [0.15, 0.2) is 11.2 Å². The second kappa shape index (κ2) is 7.00. The van der Waals surface area contributed by atoms with Crippen molar-refractivity contribution in [3.8, 4) is 11.5 Å². The average molecular weight is 407 g/mol. The summed E-state index contributed by atoms with van der Waals surface area (Å²) in [7, 11) is -3.77. The summed E-state index contributed by atoms with van der Waals surface area (Å²) in [6.45, 7) is 6.25. The molecule has 6 nitrogen and oxygen atoms in total. The van der Waals surface area contributed by atoms with Crippen LogP contribution in [0.4, 0.5) is 5.69 Å². The van der Waals surface area contributed by atoms with Crippen molar-refractivity contribution >= 4 is 26.9 Å². The van der Waals surface area contributed by atoms with Crippen molar-refractivity contribution in [1.82, 2.24) is 9.97 Å². The summed E-state index contributed by atoms with van der Waals surface area (Å²) < 4.78 is 34.3. The van der Waals surface area contributed by atoms with Gasteiger partial charge in [-0.1, -0.05) is 45.0 Å². The third kappa shape index (κ3) is 3.86. The Morgan fingerprint density at radius 3 is 2.34 bits per heavy atom. The van der Waals surface area contributed by atoms with E-state index in [0.29, 0.717) is 28.4 Å². The molecule has 0 amide bonds. The highest BCUT2D eigenvalue weighted by atomic mass is 32.2. The predicted molar refractivity (Wildman–Crippen MR) is 113 cm³/mol. The molecule has 0 bridgehead atoms. The predicted octanol–water partition coefficient (Wildman–Crippen LogP) is 4.99. The molecule has 0 unspecified atom stereocenters. The first-order valence-electron chi connectivity index (χ1n) is 9.18. The van der Waals surface area contributed by atoms with Gasteiger partial charge < -0.3 is 4.42 Å². The van der Waals surface area contributed by atoms with Crippen LogP contribution in [0, 0.1) is 0 Å². The summed E-state index contributed by atoms with van der Waals surface area (Å²) in [6, 6.07) is 17.4. The number of hydrogen-bond acceptors (Lipinski definition) is 5. The van der Waals surface area contributed by atoms with Crippen LogP contribution in [0.5, 0.6) is 0 Å². The summed E-state index contributed by atoms with van der Waals surface area (Å²) in [5.74, 6) is 0.306. The third-order valence-corrected chi connectivity index (χ3v) is 5.98. The van der Waals surface area contributed by atoms with Gasteiger partial charge in [0.25, 0.3) is 10.0 Å². The lowest BCUT2D eigenvalue weighted by atomic mass is 9.87. The Bertz CT molecular complexity index is 1240. The van der Waals surface area contributed by atoms with Crippen molar-refractivity contribution in [1.29, 1.82) is 0 Å². The molecular formula is C22H21N3O3S. The van der Waals surface area contributed by atoms with Crippen LogP contribution in [0.15, 0.2) is 76.2 Å². The van der Waals surface area contributed by atoms with Crippen LogP contribution in [0.25, 0.3) is 22.7 Å². The lowest BCUT2D eigenvalue weighted by Crippen LogP contribution is -2.15. The Morgan fingerprint density at radius 2 is 1.66 bits per heavy atom. The molecule has 0 aliphatic carbocycles. The van der Waals surface area contributed by atoms with E-state index in [1.54, 1.807) is 54.7 Å². The van der Waals surface area contributed by atoms with Crippen molar-refractivity contribution in [2.24, 2.45) is 0 Å². The second-order valence-corrected chi connectivity index (χ2v) is 9.45. The van der Waals surface area contributed by atoms with E-state index in [1.807, 2.05) is 12.1 Å². The highest BCUT2D eigenvalue weighted by Crippen LogP contribution is 2.31. The molecule has 4 aromatic rings. The number of fused-ring (bicyclic) bond motifs is 1. The molecule has 148 valence electrons. The minimum absolute atomic E-state index is 0.0523. The number of rotatable bonds is 4. The number of benzene rings is 2. The summed E-state index contributed by atoms with van der Waals surface area (Å²) >= 11 is 0. The van der Waals surface area contributed by atoms with Gasteiger partial charge in [0.2, 0.25) is 5.89 Å². The molecule has 0 saturated carbocycles. The van der Waals surface area contributed by atoms with Crippen LogP contribution >= 0.6 is 0 Å². The molecule has 0 fully saturated rings. The van der Waals surface area contributed by atoms with Gasteiger partial charge >= 0.3 is 0 Å². The molecule has 0 aliphatic heterocycles. The Hall–Kier alpha value is -3.19. The fourth-order valence-electron chi connectivity index (χ4n) is 2.98. The first-order valence-corrected chi connectivity index (χ1v) is 10.7. The lowest BCUT2D eigenvalue weighted by Gasteiger charge is -2.19. The van der Waals surface area contributed by atoms with Gasteiger partial charge in [0.05, 0.1) is 16.1 Å². The number of oxazole rings is 1. The molecule has 0 atom stereocenters. The number of nitrogens with one attached hydrogen (secondary N) is 1. The Balaban J connectivity index is 1.69.